The molecule has 2 aromatic rings. The van der Waals surface area contributed by atoms with Crippen molar-refractivity contribution in [2.75, 3.05) is 60.1 Å². The molecule has 0 radical (unpaired) electrons. The molecule has 0 bridgehead atoms. The van der Waals surface area contributed by atoms with Crippen LogP contribution in [0.4, 0.5) is 0 Å². The van der Waals surface area contributed by atoms with Crippen molar-refractivity contribution in [3.63, 3.8) is 0 Å². The van der Waals surface area contributed by atoms with E-state index in [9.17, 15) is 0 Å². The van der Waals surface area contributed by atoms with E-state index in [-0.39, 0.29) is 12.0 Å². The Morgan fingerprint density at radius 2 is 1.91 bits per heavy atom. The summed E-state index contributed by atoms with van der Waals surface area (Å²) in [6.45, 7) is 8.88. The van der Waals surface area contributed by atoms with E-state index < -0.39 is 0 Å². The molecule has 0 saturated carbocycles. The summed E-state index contributed by atoms with van der Waals surface area (Å²) in [5, 5.41) is 8.78. The first-order valence-electron chi connectivity index (χ1n) is 11.4. The van der Waals surface area contributed by atoms with Crippen molar-refractivity contribution < 1.29 is 19.0 Å². The van der Waals surface area contributed by atoms with Crippen LogP contribution in [0.25, 0.3) is 6.08 Å². The minimum atomic E-state index is 0.00743. The highest BCUT2D eigenvalue weighted by atomic mass is 32.1. The van der Waals surface area contributed by atoms with Gasteiger partial charge in [0.25, 0.3) is 0 Å². The predicted octanol–water partition coefficient (Wildman–Crippen LogP) is 3.60. The van der Waals surface area contributed by atoms with E-state index in [2.05, 4.69) is 44.8 Å². The first-order valence-corrected chi connectivity index (χ1v) is 12.4. The summed E-state index contributed by atoms with van der Waals surface area (Å²) >= 11 is 1.74. The Kier molecular flexibility index (Phi) is 6.57. The summed E-state index contributed by atoms with van der Waals surface area (Å²) in [7, 11) is 3.27. The Hall–Kier alpha value is -2.55. The van der Waals surface area contributed by atoms with Crippen molar-refractivity contribution in [3.05, 3.63) is 45.7 Å². The lowest BCUT2D eigenvalue weighted by Crippen LogP contribution is -2.50. The number of oxime groups is 1. The maximum atomic E-state index is 6.07. The van der Waals surface area contributed by atoms with Gasteiger partial charge in [0.2, 0.25) is 0 Å². The molecule has 1 aromatic heterocycles. The van der Waals surface area contributed by atoms with E-state index in [1.165, 1.54) is 11.1 Å². The second-order valence-corrected chi connectivity index (χ2v) is 9.65. The molecular weight excluding hydrogens is 438 g/mol. The van der Waals surface area contributed by atoms with Gasteiger partial charge in [-0.15, -0.1) is 0 Å². The quantitative estimate of drug-likeness (QED) is 0.618. The SMILES string of the molecule is COc1cc2c(cc1OC)C1=NO[C@@H](CN3CCN(C/C(C)=C/c4ccsc4)CC3)[C@@H]1CO2. The predicted molar refractivity (Wildman–Crippen MR) is 131 cm³/mol. The van der Waals surface area contributed by atoms with Crippen molar-refractivity contribution in [2.45, 2.75) is 13.0 Å². The summed E-state index contributed by atoms with van der Waals surface area (Å²) in [6.07, 6.45) is 2.30. The van der Waals surface area contributed by atoms with Gasteiger partial charge < -0.3 is 19.0 Å². The van der Waals surface area contributed by atoms with Crippen molar-refractivity contribution in [1.82, 2.24) is 9.80 Å². The summed E-state index contributed by atoms with van der Waals surface area (Å²) in [4.78, 5) is 10.9. The largest absolute Gasteiger partial charge is 0.493 e. The topological polar surface area (TPSA) is 55.8 Å². The maximum Gasteiger partial charge on any atom is 0.164 e. The minimum absolute atomic E-state index is 0.00743. The molecule has 1 saturated heterocycles. The molecular formula is C25H31N3O4S. The molecule has 0 N–H and O–H groups in total. The molecule has 176 valence electrons. The Balaban J connectivity index is 1.16. The summed E-state index contributed by atoms with van der Waals surface area (Å²) < 4.78 is 17.0. The highest BCUT2D eigenvalue weighted by molar-refractivity contribution is 7.08. The molecule has 1 fully saturated rings. The molecule has 8 heteroatoms. The van der Waals surface area contributed by atoms with Gasteiger partial charge in [0.15, 0.2) is 17.6 Å². The lowest BCUT2D eigenvalue weighted by atomic mass is 9.90. The van der Waals surface area contributed by atoms with Crippen LogP contribution in [-0.4, -0.2) is 81.7 Å². The number of ether oxygens (including phenoxy) is 3. The number of fused-ring (bicyclic) bond motifs is 3. The van der Waals surface area contributed by atoms with E-state index in [0.717, 1.165) is 56.3 Å². The number of nitrogens with zero attached hydrogens (tertiary/aromatic N) is 3. The normalized spacial score (nSPS) is 23.2. The summed E-state index contributed by atoms with van der Waals surface area (Å²) in [6, 6.07) is 5.98. The highest BCUT2D eigenvalue weighted by Gasteiger charge is 2.41. The summed E-state index contributed by atoms with van der Waals surface area (Å²) in [5.74, 6) is 2.23. The Morgan fingerprint density at radius 1 is 1.15 bits per heavy atom. The molecule has 33 heavy (non-hydrogen) atoms. The zero-order chi connectivity index (χ0) is 22.8. The summed E-state index contributed by atoms with van der Waals surface area (Å²) in [5.41, 5.74) is 4.60. The van der Waals surface area contributed by atoms with Gasteiger partial charge in [-0.2, -0.15) is 11.3 Å². The van der Waals surface area contributed by atoms with E-state index in [4.69, 9.17) is 19.0 Å². The number of piperazine rings is 1. The smallest absolute Gasteiger partial charge is 0.164 e. The second kappa shape index (κ2) is 9.75. The number of methoxy groups -OCH3 is 2. The van der Waals surface area contributed by atoms with Crippen molar-refractivity contribution in [1.29, 1.82) is 0 Å². The van der Waals surface area contributed by atoms with Crippen molar-refractivity contribution in [2.24, 2.45) is 11.1 Å². The van der Waals surface area contributed by atoms with Gasteiger partial charge in [0.05, 0.1) is 20.1 Å². The fourth-order valence-electron chi connectivity index (χ4n) is 4.82. The van der Waals surface area contributed by atoms with Crippen molar-refractivity contribution >= 4 is 23.1 Å². The number of hydrogen-bond donors (Lipinski definition) is 0. The van der Waals surface area contributed by atoms with E-state index in [1.807, 2.05) is 12.1 Å². The lowest BCUT2D eigenvalue weighted by molar-refractivity contribution is 0.0101. The zero-order valence-electron chi connectivity index (χ0n) is 19.5. The van der Waals surface area contributed by atoms with Gasteiger partial charge in [-0.1, -0.05) is 16.8 Å². The average molecular weight is 470 g/mol. The van der Waals surface area contributed by atoms with Gasteiger partial charge in [-0.25, -0.2) is 0 Å². The van der Waals surface area contributed by atoms with Crippen LogP contribution in [0, 0.1) is 5.92 Å². The van der Waals surface area contributed by atoms with Gasteiger partial charge >= 0.3 is 0 Å². The van der Waals surface area contributed by atoms with Crippen LogP contribution < -0.4 is 14.2 Å². The second-order valence-electron chi connectivity index (χ2n) is 8.87. The van der Waals surface area contributed by atoms with Gasteiger partial charge in [0.1, 0.15) is 18.1 Å². The molecule has 0 amide bonds. The van der Waals surface area contributed by atoms with Gasteiger partial charge in [0, 0.05) is 50.9 Å². The first-order chi connectivity index (χ1) is 16.1. The molecule has 7 nitrogen and oxygen atoms in total. The number of thiophene rings is 1. The Morgan fingerprint density at radius 3 is 2.64 bits per heavy atom. The molecule has 3 aliphatic rings. The molecule has 0 aliphatic carbocycles. The Bertz CT molecular complexity index is 1030. The van der Waals surface area contributed by atoms with E-state index in [1.54, 1.807) is 25.6 Å². The fourth-order valence-corrected chi connectivity index (χ4v) is 5.44. The molecule has 0 unspecified atom stereocenters. The molecule has 3 aliphatic heterocycles. The average Bonchev–Trinajstić information content (AvgIpc) is 3.49. The van der Waals surface area contributed by atoms with Crippen LogP contribution in [0.3, 0.4) is 0 Å². The molecule has 0 spiro atoms. The lowest BCUT2D eigenvalue weighted by Gasteiger charge is -2.36. The third kappa shape index (κ3) is 4.74. The van der Waals surface area contributed by atoms with E-state index in [0.29, 0.717) is 18.1 Å². The Labute approximate surface area is 199 Å². The standard InChI is InChI=1S/C25H31N3O4S/c1-17(10-18-4-9-33-16-18)13-27-5-7-28(8-6-27)14-24-20-15-31-21-12-23(30-3)22(29-2)11-19(21)25(20)26-32-24/h4,9-12,16,20,24H,5-8,13-15H2,1-3H3/b17-10+/t20-,24-/m0/s1. The monoisotopic (exact) mass is 469 g/mol. The third-order valence-electron chi connectivity index (χ3n) is 6.60. The zero-order valence-corrected chi connectivity index (χ0v) is 20.3. The minimum Gasteiger partial charge on any atom is -0.493 e. The highest BCUT2D eigenvalue weighted by Crippen LogP contribution is 2.40. The molecule has 4 heterocycles. The maximum absolute atomic E-state index is 6.07. The molecule has 2 atom stereocenters. The van der Waals surface area contributed by atoms with Crippen LogP contribution in [0.15, 0.2) is 39.7 Å². The van der Waals surface area contributed by atoms with E-state index >= 15 is 0 Å². The van der Waals surface area contributed by atoms with Crippen molar-refractivity contribution in [3.8, 4) is 17.2 Å². The molecule has 1 aromatic carbocycles. The fraction of sp³-hybridized carbons (Fsp3) is 0.480. The van der Waals surface area contributed by atoms with Gasteiger partial charge in [-0.05, 0) is 35.4 Å². The third-order valence-corrected chi connectivity index (χ3v) is 7.30. The first kappa shape index (κ1) is 22.3. The van der Waals surface area contributed by atoms with Crippen LogP contribution in [0.1, 0.15) is 18.1 Å². The molecule has 5 rings (SSSR count). The van der Waals surface area contributed by atoms with Crippen LogP contribution in [0.2, 0.25) is 0 Å². The van der Waals surface area contributed by atoms with Crippen LogP contribution >= 0.6 is 11.3 Å². The van der Waals surface area contributed by atoms with Gasteiger partial charge in [-0.3, -0.25) is 9.80 Å². The number of benzene rings is 1. The van der Waals surface area contributed by atoms with Crippen LogP contribution in [0.5, 0.6) is 17.2 Å². The van der Waals surface area contributed by atoms with Crippen LogP contribution in [-0.2, 0) is 4.84 Å². The number of hydrogen-bond acceptors (Lipinski definition) is 8. The number of rotatable bonds is 7.